The van der Waals surface area contributed by atoms with Crippen LogP contribution in [0.1, 0.15) is 41.5 Å². The summed E-state index contributed by atoms with van der Waals surface area (Å²) in [6, 6.07) is 8.30. The zero-order chi connectivity index (χ0) is 21.6. The number of hydrogen-bond acceptors (Lipinski definition) is 6. The number of hydrogen-bond donors (Lipinski definition) is 0. The molecule has 0 atom stereocenters. The minimum atomic E-state index is -3.79. The van der Waals surface area contributed by atoms with E-state index in [2.05, 4.69) is 12.0 Å². The van der Waals surface area contributed by atoms with Gasteiger partial charge in [-0.15, -0.1) is 0 Å². The molecule has 2 aromatic heterocycles. The second-order valence-electron chi connectivity index (χ2n) is 7.79. The lowest BCUT2D eigenvalue weighted by Crippen LogP contribution is -2.38. The number of piperidine rings is 1. The molecular formula is C21H23N3O5S. The van der Waals surface area contributed by atoms with E-state index in [9.17, 15) is 18.0 Å². The molecule has 0 amide bonds. The van der Waals surface area contributed by atoms with Crippen LogP contribution in [0.4, 0.5) is 0 Å². The first-order chi connectivity index (χ1) is 14.2. The van der Waals surface area contributed by atoms with Gasteiger partial charge in [0.2, 0.25) is 10.0 Å². The summed E-state index contributed by atoms with van der Waals surface area (Å²) < 4.78 is 34.1. The van der Waals surface area contributed by atoms with Crippen LogP contribution in [0.15, 0.2) is 44.4 Å². The predicted molar refractivity (Wildman–Crippen MR) is 111 cm³/mol. The van der Waals surface area contributed by atoms with Crippen molar-refractivity contribution in [3.8, 4) is 0 Å². The molecule has 1 saturated heterocycles. The number of aryl methyl sites for hydroxylation is 1. The number of sulfonamides is 1. The van der Waals surface area contributed by atoms with Crippen molar-refractivity contribution >= 4 is 26.9 Å². The molecule has 0 radical (unpaired) electrons. The third-order valence-electron chi connectivity index (χ3n) is 5.63. The van der Waals surface area contributed by atoms with Gasteiger partial charge in [-0.25, -0.2) is 13.2 Å². The lowest BCUT2D eigenvalue weighted by atomic mass is 10.0. The van der Waals surface area contributed by atoms with Gasteiger partial charge in [-0.05, 0) is 44.7 Å². The van der Waals surface area contributed by atoms with E-state index in [0.29, 0.717) is 30.0 Å². The monoisotopic (exact) mass is 429 g/mol. The van der Waals surface area contributed by atoms with Crippen molar-refractivity contribution in [2.45, 2.75) is 38.5 Å². The van der Waals surface area contributed by atoms with Crippen LogP contribution in [0.2, 0.25) is 0 Å². The van der Waals surface area contributed by atoms with E-state index >= 15 is 0 Å². The first-order valence-electron chi connectivity index (χ1n) is 9.84. The SMILES string of the molecule is Cc1nn(C(=O)c2cc3ccccc3oc2=O)c(C)c1S(=O)(=O)N1CCC(C)CC1. The molecule has 1 aromatic carbocycles. The lowest BCUT2D eigenvalue weighted by Gasteiger charge is -2.29. The van der Waals surface area contributed by atoms with Crippen molar-refractivity contribution in [1.29, 1.82) is 0 Å². The van der Waals surface area contributed by atoms with Crippen molar-refractivity contribution in [1.82, 2.24) is 14.1 Å². The fraction of sp³-hybridized carbons (Fsp3) is 0.381. The fourth-order valence-corrected chi connectivity index (χ4v) is 5.70. The maximum Gasteiger partial charge on any atom is 0.349 e. The summed E-state index contributed by atoms with van der Waals surface area (Å²) in [5, 5.41) is 4.76. The van der Waals surface area contributed by atoms with Crippen LogP contribution in [0.3, 0.4) is 0 Å². The van der Waals surface area contributed by atoms with Crippen molar-refractivity contribution in [2.24, 2.45) is 5.92 Å². The van der Waals surface area contributed by atoms with Gasteiger partial charge in [0.05, 0.1) is 11.4 Å². The molecule has 3 aromatic rings. The molecule has 30 heavy (non-hydrogen) atoms. The average molecular weight is 429 g/mol. The molecule has 1 fully saturated rings. The third kappa shape index (κ3) is 3.37. The van der Waals surface area contributed by atoms with Crippen LogP contribution in [0.5, 0.6) is 0 Å². The van der Waals surface area contributed by atoms with Gasteiger partial charge in [0.1, 0.15) is 16.0 Å². The van der Waals surface area contributed by atoms with E-state index in [1.54, 1.807) is 31.2 Å². The van der Waals surface area contributed by atoms with E-state index in [-0.39, 0.29) is 21.8 Å². The quantitative estimate of drug-likeness (QED) is 0.593. The molecule has 4 rings (SSSR count). The number of nitrogens with zero attached hydrogens (tertiary/aromatic N) is 3. The molecule has 0 N–H and O–H groups in total. The molecule has 0 unspecified atom stereocenters. The summed E-state index contributed by atoms with van der Waals surface area (Å²) in [5.41, 5.74) is -0.209. The van der Waals surface area contributed by atoms with E-state index in [0.717, 1.165) is 17.5 Å². The Hall–Kier alpha value is -2.78. The number of carbonyl (C=O) groups excluding carboxylic acids is 1. The zero-order valence-electron chi connectivity index (χ0n) is 17.1. The summed E-state index contributed by atoms with van der Waals surface area (Å²) in [6.07, 6.45) is 1.59. The number of para-hydroxylation sites is 1. The Morgan fingerprint density at radius 1 is 1.17 bits per heavy atom. The standard InChI is InChI=1S/C21H23N3O5S/c1-13-8-10-23(11-9-13)30(27,28)19-14(2)22-24(15(19)3)20(25)17-12-16-6-4-5-7-18(16)29-21(17)26/h4-7,12-13H,8-11H2,1-3H3. The van der Waals surface area contributed by atoms with Gasteiger partial charge in [-0.3, -0.25) is 4.79 Å². The normalized spacial score (nSPS) is 16.2. The van der Waals surface area contributed by atoms with Gasteiger partial charge >= 0.3 is 5.63 Å². The second kappa shape index (κ2) is 7.48. The van der Waals surface area contributed by atoms with Gasteiger partial charge in [-0.2, -0.15) is 14.1 Å². The Labute approximate surface area is 174 Å². The Kier molecular flexibility index (Phi) is 5.11. The van der Waals surface area contributed by atoms with Gasteiger partial charge < -0.3 is 4.42 Å². The van der Waals surface area contributed by atoms with Crippen LogP contribution in [0, 0.1) is 19.8 Å². The highest BCUT2D eigenvalue weighted by Crippen LogP contribution is 2.28. The summed E-state index contributed by atoms with van der Waals surface area (Å²) in [7, 11) is -3.79. The number of rotatable bonds is 3. The minimum Gasteiger partial charge on any atom is -0.422 e. The first-order valence-corrected chi connectivity index (χ1v) is 11.3. The fourth-order valence-electron chi connectivity index (χ4n) is 3.88. The maximum absolute atomic E-state index is 13.2. The molecule has 9 heteroatoms. The van der Waals surface area contributed by atoms with Crippen molar-refractivity contribution in [3.05, 3.63) is 57.7 Å². The zero-order valence-corrected chi connectivity index (χ0v) is 17.9. The van der Waals surface area contributed by atoms with Crippen LogP contribution in [-0.4, -0.2) is 41.5 Å². The Morgan fingerprint density at radius 3 is 2.53 bits per heavy atom. The highest BCUT2D eigenvalue weighted by atomic mass is 32.2. The van der Waals surface area contributed by atoms with Gasteiger partial charge in [0, 0.05) is 18.5 Å². The number of fused-ring (bicyclic) bond motifs is 1. The highest BCUT2D eigenvalue weighted by molar-refractivity contribution is 7.89. The van der Waals surface area contributed by atoms with Gasteiger partial charge in [-0.1, -0.05) is 25.1 Å². The predicted octanol–water partition coefficient (Wildman–Crippen LogP) is 2.72. The third-order valence-corrected chi connectivity index (χ3v) is 7.78. The molecule has 1 aliphatic rings. The van der Waals surface area contributed by atoms with E-state index in [1.165, 1.54) is 17.3 Å². The van der Waals surface area contributed by atoms with E-state index < -0.39 is 21.6 Å². The van der Waals surface area contributed by atoms with Crippen molar-refractivity contribution in [2.75, 3.05) is 13.1 Å². The molecule has 1 aliphatic heterocycles. The molecule has 0 spiro atoms. The summed E-state index contributed by atoms with van der Waals surface area (Å²) in [4.78, 5) is 25.5. The summed E-state index contributed by atoms with van der Waals surface area (Å²) in [5.74, 6) is -0.237. The largest absolute Gasteiger partial charge is 0.422 e. The molecule has 158 valence electrons. The number of aromatic nitrogens is 2. The van der Waals surface area contributed by atoms with Crippen molar-refractivity contribution < 1.29 is 17.6 Å². The van der Waals surface area contributed by atoms with E-state index in [4.69, 9.17) is 4.42 Å². The lowest BCUT2D eigenvalue weighted by molar-refractivity contribution is 0.0938. The maximum atomic E-state index is 13.2. The topological polar surface area (TPSA) is 102 Å². The molecule has 0 saturated carbocycles. The highest BCUT2D eigenvalue weighted by Gasteiger charge is 2.34. The van der Waals surface area contributed by atoms with Crippen LogP contribution >= 0.6 is 0 Å². The van der Waals surface area contributed by atoms with Gasteiger partial charge in [0.25, 0.3) is 5.91 Å². The van der Waals surface area contributed by atoms with Gasteiger partial charge in [0.15, 0.2) is 0 Å². The average Bonchev–Trinajstić information content (AvgIpc) is 3.02. The van der Waals surface area contributed by atoms with Crippen LogP contribution < -0.4 is 5.63 Å². The molecule has 8 nitrogen and oxygen atoms in total. The van der Waals surface area contributed by atoms with E-state index in [1.807, 2.05) is 0 Å². The van der Waals surface area contributed by atoms with Crippen LogP contribution in [0.25, 0.3) is 11.0 Å². The molecule has 3 heterocycles. The summed E-state index contributed by atoms with van der Waals surface area (Å²) in [6.45, 7) is 6.07. The second-order valence-corrected chi connectivity index (χ2v) is 9.66. The molecular weight excluding hydrogens is 406 g/mol. The Bertz CT molecular complexity index is 1300. The Balaban J connectivity index is 1.76. The Morgan fingerprint density at radius 2 is 1.83 bits per heavy atom. The first kappa shape index (κ1) is 20.5. The number of benzene rings is 1. The number of carbonyl (C=O) groups is 1. The van der Waals surface area contributed by atoms with Crippen molar-refractivity contribution in [3.63, 3.8) is 0 Å². The summed E-state index contributed by atoms with van der Waals surface area (Å²) >= 11 is 0. The smallest absolute Gasteiger partial charge is 0.349 e. The molecule has 0 bridgehead atoms. The molecule has 0 aliphatic carbocycles. The van der Waals surface area contributed by atoms with Crippen LogP contribution in [-0.2, 0) is 10.0 Å². The minimum absolute atomic E-state index is 0.0237.